The lowest BCUT2D eigenvalue weighted by molar-refractivity contribution is -0.143. The lowest BCUT2D eigenvalue weighted by Gasteiger charge is -2.36. The minimum atomic E-state index is -4.38. The molecule has 3 aromatic rings. The van der Waals surface area contributed by atoms with Crippen LogP contribution in [0.1, 0.15) is 54.4 Å². The predicted molar refractivity (Wildman–Crippen MR) is 193 cm³/mol. The van der Waals surface area contributed by atoms with Gasteiger partial charge in [0.1, 0.15) is 35.1 Å². The summed E-state index contributed by atoms with van der Waals surface area (Å²) in [6.45, 7) is 14.1. The van der Waals surface area contributed by atoms with Crippen molar-refractivity contribution in [1.82, 2.24) is 34.8 Å². The van der Waals surface area contributed by atoms with Crippen molar-refractivity contribution in [3.05, 3.63) is 55.6 Å². The Hall–Kier alpha value is -5.19. The zero-order valence-corrected chi connectivity index (χ0v) is 31.9. The molecule has 0 bridgehead atoms. The zero-order chi connectivity index (χ0) is 39.1. The van der Waals surface area contributed by atoms with Crippen LogP contribution in [-0.2, 0) is 36.2 Å². The van der Waals surface area contributed by atoms with Crippen molar-refractivity contribution < 1.29 is 41.8 Å². The van der Waals surface area contributed by atoms with Gasteiger partial charge < -0.3 is 34.3 Å². The average molecular weight is 754 g/mol. The molecular formula is C36H47N7O9S. The largest absolute Gasteiger partial charge is 0.497 e. The number of amides is 4. The highest BCUT2D eigenvalue weighted by molar-refractivity contribution is 7.90. The number of nitrogens with one attached hydrogen (secondary N) is 3. The first-order chi connectivity index (χ1) is 24.7. The van der Waals surface area contributed by atoms with Crippen molar-refractivity contribution in [3.8, 4) is 11.6 Å². The second kappa shape index (κ2) is 14.3. The molecule has 0 unspecified atom stereocenters. The van der Waals surface area contributed by atoms with E-state index < -0.39 is 74.5 Å². The van der Waals surface area contributed by atoms with Crippen molar-refractivity contribution in [2.24, 2.45) is 18.4 Å². The number of pyridine rings is 1. The Bertz CT molecular complexity index is 2040. The number of rotatable bonds is 11. The first-order valence-corrected chi connectivity index (χ1v) is 18.5. The highest BCUT2D eigenvalue weighted by Gasteiger charge is 2.61. The van der Waals surface area contributed by atoms with Crippen LogP contribution in [0.5, 0.6) is 11.6 Å². The molecule has 1 saturated carbocycles. The number of hydrogen-bond donors (Lipinski definition) is 3. The number of aryl methyl sites for hydroxylation is 1. The van der Waals surface area contributed by atoms with Gasteiger partial charge in [-0.2, -0.15) is 8.42 Å². The van der Waals surface area contributed by atoms with Gasteiger partial charge in [0.15, 0.2) is 5.03 Å². The molecule has 2 aliphatic rings. The Morgan fingerprint density at radius 2 is 1.81 bits per heavy atom. The van der Waals surface area contributed by atoms with Crippen LogP contribution in [0, 0.1) is 11.3 Å². The lowest BCUT2D eigenvalue weighted by atomic mass is 9.85. The predicted octanol–water partition coefficient (Wildman–Crippen LogP) is 2.83. The number of alkyl carbamates (subject to hydrolysis) is 1. The van der Waals surface area contributed by atoms with Gasteiger partial charge in [0.05, 0.1) is 20.0 Å². The summed E-state index contributed by atoms with van der Waals surface area (Å²) >= 11 is 0. The molecule has 3 heterocycles. The van der Waals surface area contributed by atoms with E-state index in [2.05, 4.69) is 27.2 Å². The van der Waals surface area contributed by atoms with Crippen LogP contribution in [0.4, 0.5) is 4.79 Å². The van der Waals surface area contributed by atoms with E-state index in [1.54, 1.807) is 80.1 Å². The fourth-order valence-electron chi connectivity index (χ4n) is 6.25. The maximum atomic E-state index is 14.5. The number of methoxy groups -OCH3 is 1. The van der Waals surface area contributed by atoms with Gasteiger partial charge >= 0.3 is 6.09 Å². The third-order valence-electron chi connectivity index (χ3n) is 9.07. The molecular weight excluding hydrogens is 707 g/mol. The highest BCUT2D eigenvalue weighted by Crippen LogP contribution is 2.45. The SMILES string of the molecule is C=C[C@@H]1C[C@]1(NC(=O)[C@@H]1C[C@@H](Oc2nccc3cc(OC)ccc23)CN1C(=O)[C@@H](NC(=O)OC(C)(C)C)C(C)(C)C)C(=O)NS(=O)(=O)c1cn(C)cn1. The molecule has 17 heteroatoms. The molecule has 1 aliphatic carbocycles. The van der Waals surface area contributed by atoms with Gasteiger partial charge in [-0.05, 0) is 62.3 Å². The highest BCUT2D eigenvalue weighted by atomic mass is 32.2. The van der Waals surface area contributed by atoms with Gasteiger partial charge in [0.25, 0.3) is 15.9 Å². The second-order valence-corrected chi connectivity index (χ2v) is 17.1. The second-order valence-electron chi connectivity index (χ2n) is 15.4. The van der Waals surface area contributed by atoms with Crippen LogP contribution in [0.2, 0.25) is 0 Å². The van der Waals surface area contributed by atoms with E-state index in [0.29, 0.717) is 11.1 Å². The van der Waals surface area contributed by atoms with E-state index in [-0.39, 0.29) is 30.3 Å². The molecule has 0 spiro atoms. The third-order valence-corrected chi connectivity index (χ3v) is 10.3. The summed E-state index contributed by atoms with van der Waals surface area (Å²) in [6.07, 6.45) is 4.03. The topological polar surface area (TPSA) is 200 Å². The summed E-state index contributed by atoms with van der Waals surface area (Å²) in [4.78, 5) is 64.9. The Labute approximate surface area is 308 Å². The number of carbonyl (C=O) groups excluding carboxylic acids is 4. The van der Waals surface area contributed by atoms with Gasteiger partial charge in [0, 0.05) is 37.2 Å². The smallest absolute Gasteiger partial charge is 0.408 e. The van der Waals surface area contributed by atoms with Crippen LogP contribution < -0.4 is 24.8 Å². The van der Waals surface area contributed by atoms with Crippen LogP contribution in [0.25, 0.3) is 10.8 Å². The normalized spacial score (nSPS) is 22.0. The molecule has 286 valence electrons. The number of sulfonamides is 1. The molecule has 5 atom stereocenters. The van der Waals surface area contributed by atoms with Crippen molar-refractivity contribution in [1.29, 1.82) is 0 Å². The molecule has 1 aliphatic heterocycles. The van der Waals surface area contributed by atoms with Gasteiger partial charge in [-0.25, -0.2) is 19.5 Å². The monoisotopic (exact) mass is 753 g/mol. The number of hydrogen-bond acceptors (Lipinski definition) is 11. The summed E-state index contributed by atoms with van der Waals surface area (Å²) in [5.74, 6) is -1.97. The number of imidazole rings is 1. The number of nitrogens with zero attached hydrogens (tertiary/aromatic N) is 4. The van der Waals surface area contributed by atoms with Crippen LogP contribution in [0.15, 0.2) is 60.7 Å². The molecule has 2 aromatic heterocycles. The first-order valence-electron chi connectivity index (χ1n) is 17.1. The Balaban J connectivity index is 1.45. The number of likely N-dealkylation sites (tertiary alicyclic amines) is 1. The average Bonchev–Trinajstić information content (AvgIpc) is 3.34. The van der Waals surface area contributed by atoms with Crippen molar-refractivity contribution in [2.45, 2.75) is 88.7 Å². The van der Waals surface area contributed by atoms with E-state index in [1.165, 1.54) is 28.1 Å². The van der Waals surface area contributed by atoms with Gasteiger partial charge in [-0.1, -0.05) is 26.8 Å². The number of ether oxygens (including phenoxy) is 3. The van der Waals surface area contributed by atoms with E-state index in [0.717, 1.165) is 5.39 Å². The minimum absolute atomic E-state index is 0.0161. The fourth-order valence-corrected chi connectivity index (χ4v) is 7.27. The Morgan fingerprint density at radius 1 is 1.09 bits per heavy atom. The summed E-state index contributed by atoms with van der Waals surface area (Å²) in [5, 5.41) is 6.53. The molecule has 5 rings (SSSR count). The van der Waals surface area contributed by atoms with E-state index in [9.17, 15) is 27.6 Å². The molecule has 1 saturated heterocycles. The maximum Gasteiger partial charge on any atom is 0.408 e. The van der Waals surface area contributed by atoms with E-state index in [1.807, 2.05) is 10.8 Å². The number of aromatic nitrogens is 3. The fraction of sp³-hybridized carbons (Fsp3) is 0.500. The summed E-state index contributed by atoms with van der Waals surface area (Å²) in [6, 6.07) is 4.84. The summed E-state index contributed by atoms with van der Waals surface area (Å²) in [5.41, 5.74) is -3.34. The summed E-state index contributed by atoms with van der Waals surface area (Å²) in [7, 11) is -1.24. The maximum absolute atomic E-state index is 14.5. The van der Waals surface area contributed by atoms with Crippen LogP contribution >= 0.6 is 0 Å². The Morgan fingerprint density at radius 3 is 2.40 bits per heavy atom. The van der Waals surface area contributed by atoms with E-state index in [4.69, 9.17) is 14.2 Å². The minimum Gasteiger partial charge on any atom is -0.497 e. The molecule has 2 fully saturated rings. The van der Waals surface area contributed by atoms with E-state index >= 15 is 0 Å². The number of carbonyl (C=O) groups is 4. The van der Waals surface area contributed by atoms with Crippen molar-refractivity contribution >= 4 is 44.6 Å². The third kappa shape index (κ3) is 8.56. The molecule has 4 amide bonds. The molecule has 16 nitrogen and oxygen atoms in total. The molecule has 0 radical (unpaired) electrons. The number of benzene rings is 1. The van der Waals surface area contributed by atoms with Crippen molar-refractivity contribution in [3.63, 3.8) is 0 Å². The lowest BCUT2D eigenvalue weighted by Crippen LogP contribution is -2.60. The molecule has 3 N–H and O–H groups in total. The van der Waals surface area contributed by atoms with Crippen LogP contribution in [-0.4, -0.2) is 94.6 Å². The standard InChI is InChI=1S/C36H47N7O9S/c1-10-22-17-36(22,32(46)41-53(48,49)27-19-42(8)20-38-27)40-29(44)26-16-24(51-30-25-12-11-23(50-9)15-21(25)13-14-37-30)18-43(26)31(45)28(34(2,3)4)39-33(47)52-35(5,6)7/h10-15,19-20,22,24,26,28H,1,16-18H2,2-9H3,(H,39,47)(H,40,44)(H,41,46)/t22-,24-,26+,28-,36-/m1/s1. The van der Waals surface area contributed by atoms with Gasteiger partial charge in [-0.3, -0.25) is 14.4 Å². The van der Waals surface area contributed by atoms with Crippen LogP contribution in [0.3, 0.4) is 0 Å². The van der Waals surface area contributed by atoms with Gasteiger partial charge in [-0.15, -0.1) is 6.58 Å². The molecule has 53 heavy (non-hydrogen) atoms. The number of fused-ring (bicyclic) bond motifs is 1. The molecule has 1 aromatic carbocycles. The Kier molecular flexibility index (Phi) is 10.5. The van der Waals surface area contributed by atoms with Gasteiger partial charge in [0.2, 0.25) is 17.7 Å². The summed E-state index contributed by atoms with van der Waals surface area (Å²) < 4.78 is 46.7. The zero-order valence-electron chi connectivity index (χ0n) is 31.1. The van der Waals surface area contributed by atoms with Crippen molar-refractivity contribution in [2.75, 3.05) is 13.7 Å². The quantitative estimate of drug-likeness (QED) is 0.243. The first kappa shape index (κ1) is 39.0.